The zero-order valence-corrected chi connectivity index (χ0v) is 29.7. The summed E-state index contributed by atoms with van der Waals surface area (Å²) in [5.41, 5.74) is 4.52. The number of ether oxygens (including phenoxy) is 1. The molecule has 1 aliphatic rings. The molecule has 0 spiro atoms. The summed E-state index contributed by atoms with van der Waals surface area (Å²) in [5.74, 6) is -0.460. The highest BCUT2D eigenvalue weighted by Gasteiger charge is 2.23. The summed E-state index contributed by atoms with van der Waals surface area (Å²) in [4.78, 5) is 54.2. The van der Waals surface area contributed by atoms with Crippen LogP contribution >= 0.6 is 0 Å². The second kappa shape index (κ2) is 18.1. The number of phenols is 1. The Balaban J connectivity index is 0.851. The summed E-state index contributed by atoms with van der Waals surface area (Å²) in [5, 5.41) is 32.8. The maximum atomic E-state index is 12.7. The fourth-order valence-corrected chi connectivity index (χ4v) is 6.44. The highest BCUT2D eigenvalue weighted by atomic mass is 16.6. The molecule has 1 atom stereocenters. The molecule has 280 valence electrons. The lowest BCUT2D eigenvalue weighted by molar-refractivity contribution is -0.120. The van der Waals surface area contributed by atoms with Crippen molar-refractivity contribution in [3.8, 4) is 16.9 Å². The first kappa shape index (κ1) is 37.7. The minimum atomic E-state index is -0.975. The van der Waals surface area contributed by atoms with E-state index in [9.17, 15) is 29.4 Å². The molecule has 1 aliphatic heterocycles. The lowest BCUT2D eigenvalue weighted by Crippen LogP contribution is -2.39. The minimum Gasteiger partial charge on any atom is -0.506 e. The number of carbonyl (C=O) groups excluding carboxylic acids is 3. The number of H-pyrrole nitrogens is 1. The summed E-state index contributed by atoms with van der Waals surface area (Å²) in [6, 6.07) is 30.6. The van der Waals surface area contributed by atoms with Gasteiger partial charge in [-0.2, -0.15) is 0 Å². The molecule has 54 heavy (non-hydrogen) atoms. The van der Waals surface area contributed by atoms with E-state index in [0.29, 0.717) is 48.1 Å². The molecule has 1 saturated heterocycles. The van der Waals surface area contributed by atoms with Gasteiger partial charge in [0.15, 0.2) is 0 Å². The van der Waals surface area contributed by atoms with E-state index < -0.39 is 12.2 Å². The van der Waals surface area contributed by atoms with Crippen LogP contribution in [0, 0.1) is 0 Å². The van der Waals surface area contributed by atoms with Gasteiger partial charge >= 0.3 is 6.09 Å². The third-order valence-electron chi connectivity index (χ3n) is 9.33. The zero-order valence-electron chi connectivity index (χ0n) is 29.7. The van der Waals surface area contributed by atoms with E-state index >= 15 is 0 Å². The number of aliphatic hydroxyl groups excluding tert-OH is 1. The molecule has 7 N–H and O–H groups in total. The number of aromatic amines is 1. The number of aromatic hydroxyl groups is 1. The molecular formula is C41H44N6O7. The molecule has 13 nitrogen and oxygen atoms in total. The minimum absolute atomic E-state index is 0.0255. The molecule has 0 saturated carbocycles. The van der Waals surface area contributed by atoms with Gasteiger partial charge in [-0.3, -0.25) is 19.7 Å². The number of hydrogen-bond acceptors (Lipinski definition) is 9. The van der Waals surface area contributed by atoms with Crippen molar-refractivity contribution in [1.29, 1.82) is 0 Å². The van der Waals surface area contributed by atoms with E-state index in [0.717, 1.165) is 29.8 Å². The van der Waals surface area contributed by atoms with E-state index in [4.69, 9.17) is 4.74 Å². The molecule has 0 aliphatic carbocycles. The number of piperidine rings is 1. The van der Waals surface area contributed by atoms with Crippen molar-refractivity contribution in [3.05, 3.63) is 125 Å². The number of hydrogen-bond donors (Lipinski definition) is 7. The van der Waals surface area contributed by atoms with Crippen molar-refractivity contribution in [2.24, 2.45) is 0 Å². The van der Waals surface area contributed by atoms with Crippen molar-refractivity contribution in [2.45, 2.75) is 38.0 Å². The molecule has 1 fully saturated rings. The molecule has 0 bridgehead atoms. The fraction of sp³-hybridized carbons (Fsp3) is 0.268. The van der Waals surface area contributed by atoms with Crippen LogP contribution in [0.5, 0.6) is 5.75 Å². The Morgan fingerprint density at radius 2 is 1.59 bits per heavy atom. The highest BCUT2D eigenvalue weighted by Crippen LogP contribution is 2.29. The molecule has 4 aromatic carbocycles. The zero-order chi connectivity index (χ0) is 37.9. The Bertz CT molecular complexity index is 2120. The molecule has 0 radical (unpaired) electrons. The van der Waals surface area contributed by atoms with Gasteiger partial charge < -0.3 is 40.8 Å². The summed E-state index contributed by atoms with van der Waals surface area (Å²) in [6.45, 7) is 2.38. The van der Waals surface area contributed by atoms with E-state index in [-0.39, 0.29) is 54.4 Å². The second-order valence-corrected chi connectivity index (χ2v) is 13.2. The smallest absolute Gasteiger partial charge is 0.411 e. The Labute approximate surface area is 312 Å². The first-order valence-corrected chi connectivity index (χ1v) is 18.0. The van der Waals surface area contributed by atoms with Crippen LogP contribution in [0.3, 0.4) is 0 Å². The number of nitrogens with zero attached hydrogens (tertiary/aromatic N) is 1. The van der Waals surface area contributed by atoms with E-state index in [1.54, 1.807) is 18.2 Å². The van der Waals surface area contributed by atoms with Gasteiger partial charge in [0.2, 0.25) is 17.4 Å². The molecule has 0 unspecified atom stereocenters. The number of anilines is 2. The van der Waals surface area contributed by atoms with Crippen LogP contribution in [0.15, 0.2) is 108 Å². The van der Waals surface area contributed by atoms with Crippen molar-refractivity contribution in [2.75, 3.05) is 43.4 Å². The second-order valence-electron chi connectivity index (χ2n) is 13.2. The topological polar surface area (TPSA) is 185 Å². The van der Waals surface area contributed by atoms with Gasteiger partial charge in [0.1, 0.15) is 11.9 Å². The predicted octanol–water partition coefficient (Wildman–Crippen LogP) is 4.88. The quantitative estimate of drug-likeness (QED) is 0.0836. The van der Waals surface area contributed by atoms with Gasteiger partial charge in [-0.25, -0.2) is 4.79 Å². The maximum Gasteiger partial charge on any atom is 0.411 e. The van der Waals surface area contributed by atoms with Gasteiger partial charge in [-0.05, 0) is 59.9 Å². The van der Waals surface area contributed by atoms with E-state index in [1.165, 1.54) is 18.2 Å². The van der Waals surface area contributed by atoms with Crippen LogP contribution in [0.25, 0.3) is 22.0 Å². The molecule has 6 rings (SSSR count). The maximum absolute atomic E-state index is 12.7. The van der Waals surface area contributed by atoms with Crippen molar-refractivity contribution < 1.29 is 29.3 Å². The summed E-state index contributed by atoms with van der Waals surface area (Å²) < 4.78 is 5.73. The number of aromatic nitrogens is 1. The van der Waals surface area contributed by atoms with Gasteiger partial charge in [-0.1, -0.05) is 66.7 Å². The van der Waals surface area contributed by atoms with Crippen molar-refractivity contribution in [3.63, 3.8) is 0 Å². The Kier molecular flexibility index (Phi) is 12.7. The normalized spacial score (nSPS) is 13.9. The number of benzene rings is 4. The number of amides is 3. The van der Waals surface area contributed by atoms with Gasteiger partial charge in [0.05, 0.1) is 23.9 Å². The molecule has 2 heterocycles. The number of likely N-dealkylation sites (tertiary alicyclic amines) is 1. The van der Waals surface area contributed by atoms with Gasteiger partial charge in [-0.15, -0.1) is 0 Å². The van der Waals surface area contributed by atoms with Crippen LogP contribution in [-0.4, -0.2) is 76.8 Å². The van der Waals surface area contributed by atoms with Gasteiger partial charge in [0.25, 0.3) is 0 Å². The van der Waals surface area contributed by atoms with E-state index in [2.05, 4.69) is 31.2 Å². The average molecular weight is 733 g/mol. The monoisotopic (exact) mass is 732 g/mol. The summed E-state index contributed by atoms with van der Waals surface area (Å²) >= 11 is 0. The van der Waals surface area contributed by atoms with Crippen LogP contribution in [-0.2, 0) is 20.9 Å². The first-order chi connectivity index (χ1) is 26.2. The number of fused-ring (bicyclic) bond motifs is 1. The standard InChI is InChI=1S/C41H44N6O7/c48-35-16-14-32(33-15-17-37(50)46-40(33)35)36(49)25-42-26-39(52)43-24-27-10-12-29(13-11-27)44-38(51)20-23-47-21-18-30(19-22-47)54-41(53)45-34-9-5-4-8-31(34)28-6-2-1-3-7-28/h1-17,30,36,42,48-49H,18-26H2,(H,43,52)(H,44,51)(H,45,53)(H,46,50)/t36-/m1/s1. The highest BCUT2D eigenvalue weighted by molar-refractivity contribution is 5.92. The Hall–Kier alpha value is -6.02. The summed E-state index contributed by atoms with van der Waals surface area (Å²) in [7, 11) is 0. The third kappa shape index (κ3) is 10.3. The third-order valence-corrected chi connectivity index (χ3v) is 9.33. The summed E-state index contributed by atoms with van der Waals surface area (Å²) in [6.07, 6.45) is 0.0513. The Morgan fingerprint density at radius 3 is 2.37 bits per heavy atom. The number of phenolic OH excluding ortho intramolecular Hbond substituents is 1. The van der Waals surface area contributed by atoms with Gasteiger partial charge in [0, 0.05) is 61.8 Å². The molecule has 5 aromatic rings. The molecular weight excluding hydrogens is 688 g/mol. The number of pyridine rings is 1. The SMILES string of the molecule is O=C(CNC[C@@H](O)c1ccc(O)c2[nH]c(=O)ccc12)NCc1ccc(NC(=O)CCN2CCC(OC(=O)Nc3ccccc3-c3ccccc3)CC2)cc1. The van der Waals surface area contributed by atoms with E-state index in [1.807, 2.05) is 66.7 Å². The van der Waals surface area contributed by atoms with Crippen LogP contribution in [0.2, 0.25) is 0 Å². The van der Waals surface area contributed by atoms with Crippen molar-refractivity contribution >= 4 is 40.2 Å². The number of para-hydroxylation sites is 1. The first-order valence-electron chi connectivity index (χ1n) is 18.0. The number of aliphatic hydroxyl groups is 1. The average Bonchev–Trinajstić information content (AvgIpc) is 3.18. The van der Waals surface area contributed by atoms with Crippen LogP contribution in [0.1, 0.15) is 36.5 Å². The van der Waals surface area contributed by atoms with Crippen LogP contribution in [0.4, 0.5) is 16.2 Å². The molecule has 13 heteroatoms. The molecule has 1 aromatic heterocycles. The lowest BCUT2D eigenvalue weighted by atomic mass is 10.0. The molecule has 3 amide bonds. The fourth-order valence-electron chi connectivity index (χ4n) is 6.44. The van der Waals surface area contributed by atoms with Crippen molar-refractivity contribution in [1.82, 2.24) is 20.5 Å². The lowest BCUT2D eigenvalue weighted by Gasteiger charge is -2.31. The number of carbonyl (C=O) groups is 3. The van der Waals surface area contributed by atoms with Crippen LogP contribution < -0.4 is 26.8 Å². The number of nitrogens with one attached hydrogen (secondary N) is 5. The predicted molar refractivity (Wildman–Crippen MR) is 207 cm³/mol. The Morgan fingerprint density at radius 1 is 0.852 bits per heavy atom. The largest absolute Gasteiger partial charge is 0.506 e. The number of rotatable bonds is 14.